The molecule has 0 amide bonds. The molecule has 20 heavy (non-hydrogen) atoms. The van der Waals surface area contributed by atoms with Crippen LogP contribution in [0.25, 0.3) is 5.95 Å². The van der Waals surface area contributed by atoms with Crippen LogP contribution in [0, 0.1) is 6.92 Å². The van der Waals surface area contributed by atoms with Crippen LogP contribution in [0.5, 0.6) is 0 Å². The van der Waals surface area contributed by atoms with E-state index >= 15 is 0 Å². The van der Waals surface area contributed by atoms with Crippen LogP contribution < -0.4 is 5.56 Å². The van der Waals surface area contributed by atoms with Crippen LogP contribution in [0.3, 0.4) is 0 Å². The summed E-state index contributed by atoms with van der Waals surface area (Å²) in [5.41, 5.74) is 1.92. The predicted molar refractivity (Wildman–Crippen MR) is 70.3 cm³/mol. The summed E-state index contributed by atoms with van der Waals surface area (Å²) in [6.07, 6.45) is 4.80. The topological polar surface area (TPSA) is 101 Å². The molecule has 0 unspecified atom stereocenters. The zero-order valence-electron chi connectivity index (χ0n) is 11.0. The van der Waals surface area contributed by atoms with Crippen molar-refractivity contribution in [1.29, 1.82) is 0 Å². The molecule has 0 radical (unpaired) electrons. The summed E-state index contributed by atoms with van der Waals surface area (Å²) in [6, 6.07) is 0. The number of fused-ring (bicyclic) bond motifs is 1. The van der Waals surface area contributed by atoms with E-state index in [-0.39, 0.29) is 17.1 Å². The summed E-state index contributed by atoms with van der Waals surface area (Å²) in [7, 11) is 0. The van der Waals surface area contributed by atoms with Gasteiger partial charge in [-0.05, 0) is 32.6 Å². The van der Waals surface area contributed by atoms with E-state index in [4.69, 9.17) is 5.11 Å². The Morgan fingerprint density at radius 2 is 2.15 bits per heavy atom. The second-order valence-electron chi connectivity index (χ2n) is 4.88. The molecule has 0 spiro atoms. The van der Waals surface area contributed by atoms with Crippen molar-refractivity contribution >= 4 is 5.97 Å². The van der Waals surface area contributed by atoms with Crippen molar-refractivity contribution in [3.05, 3.63) is 39.1 Å². The second-order valence-corrected chi connectivity index (χ2v) is 4.88. The molecule has 3 rings (SSSR count). The molecule has 0 atom stereocenters. The van der Waals surface area contributed by atoms with Gasteiger partial charge in [-0.15, -0.1) is 0 Å². The van der Waals surface area contributed by atoms with Gasteiger partial charge in [0.15, 0.2) is 0 Å². The molecule has 0 saturated carbocycles. The number of H-pyrrole nitrogens is 1. The van der Waals surface area contributed by atoms with Crippen molar-refractivity contribution < 1.29 is 9.90 Å². The molecule has 2 aromatic rings. The highest BCUT2D eigenvalue weighted by molar-refractivity contribution is 5.88. The highest BCUT2D eigenvalue weighted by Crippen LogP contribution is 2.17. The third-order valence-electron chi connectivity index (χ3n) is 3.62. The molecule has 1 aliphatic carbocycles. The lowest BCUT2D eigenvalue weighted by molar-refractivity contribution is 0.0696. The number of aromatic nitrogens is 4. The summed E-state index contributed by atoms with van der Waals surface area (Å²) in [6.45, 7) is 1.63. The van der Waals surface area contributed by atoms with E-state index in [1.165, 1.54) is 10.9 Å². The maximum atomic E-state index is 12.1. The molecule has 0 aliphatic heterocycles. The monoisotopic (exact) mass is 274 g/mol. The van der Waals surface area contributed by atoms with E-state index in [1.54, 1.807) is 6.92 Å². The van der Waals surface area contributed by atoms with E-state index < -0.39 is 5.97 Å². The first-order chi connectivity index (χ1) is 9.58. The molecule has 2 heterocycles. The first kappa shape index (κ1) is 12.6. The fraction of sp³-hybridized carbons (Fsp3) is 0.385. The number of nitrogens with zero attached hydrogens (tertiary/aromatic N) is 3. The molecule has 0 saturated heterocycles. The number of aryl methyl sites for hydroxylation is 1. The van der Waals surface area contributed by atoms with Crippen molar-refractivity contribution in [2.24, 2.45) is 0 Å². The van der Waals surface area contributed by atoms with Gasteiger partial charge in [-0.25, -0.2) is 14.5 Å². The van der Waals surface area contributed by atoms with Gasteiger partial charge in [0.25, 0.3) is 5.56 Å². The Balaban J connectivity index is 2.14. The highest BCUT2D eigenvalue weighted by Gasteiger charge is 2.19. The number of nitrogens with one attached hydrogen (secondary N) is 1. The van der Waals surface area contributed by atoms with Crippen LogP contribution in [0.4, 0.5) is 0 Å². The molecule has 0 fully saturated rings. The van der Waals surface area contributed by atoms with E-state index in [1.807, 2.05) is 0 Å². The highest BCUT2D eigenvalue weighted by atomic mass is 16.4. The van der Waals surface area contributed by atoms with Crippen molar-refractivity contribution in [1.82, 2.24) is 19.7 Å². The minimum Gasteiger partial charge on any atom is -0.478 e. The quantitative estimate of drug-likeness (QED) is 0.845. The van der Waals surface area contributed by atoms with E-state index in [0.717, 1.165) is 36.9 Å². The van der Waals surface area contributed by atoms with Crippen molar-refractivity contribution in [3.8, 4) is 5.95 Å². The van der Waals surface area contributed by atoms with E-state index in [2.05, 4.69) is 15.1 Å². The third-order valence-corrected chi connectivity index (χ3v) is 3.62. The first-order valence-corrected chi connectivity index (χ1v) is 6.48. The maximum Gasteiger partial charge on any atom is 0.339 e. The Labute approximate surface area is 114 Å². The van der Waals surface area contributed by atoms with Crippen LogP contribution in [0.1, 0.15) is 40.2 Å². The Kier molecular flexibility index (Phi) is 2.89. The summed E-state index contributed by atoms with van der Waals surface area (Å²) >= 11 is 0. The van der Waals surface area contributed by atoms with Crippen LogP contribution >= 0.6 is 0 Å². The summed E-state index contributed by atoms with van der Waals surface area (Å²) in [4.78, 5) is 30.2. The lowest BCUT2D eigenvalue weighted by atomic mass is 9.97. The van der Waals surface area contributed by atoms with Gasteiger partial charge in [-0.1, -0.05) is 0 Å². The maximum absolute atomic E-state index is 12.1. The number of carboxylic acid groups (broad SMARTS) is 1. The van der Waals surface area contributed by atoms with Gasteiger partial charge < -0.3 is 5.11 Å². The summed E-state index contributed by atoms with van der Waals surface area (Å²) in [5.74, 6) is -0.769. The molecule has 7 nitrogen and oxygen atoms in total. The minimum atomic E-state index is -1.05. The Morgan fingerprint density at radius 3 is 2.85 bits per heavy atom. The molecule has 104 valence electrons. The predicted octanol–water partition coefficient (Wildman–Crippen LogP) is 0.841. The SMILES string of the molecule is Cc1c(C(=O)O)cnn1-c1nc2c(c(=O)[nH]1)CCCC2. The lowest BCUT2D eigenvalue weighted by Gasteiger charge is -2.14. The second kappa shape index (κ2) is 4.59. The lowest BCUT2D eigenvalue weighted by Crippen LogP contribution is -2.24. The molecule has 7 heteroatoms. The standard InChI is InChI=1S/C13H14N4O3/c1-7-9(12(19)20)6-14-17(7)13-15-10-5-3-2-4-8(10)11(18)16-13/h6H,2-5H2,1H3,(H,19,20)(H,15,16,18). The van der Waals surface area contributed by atoms with Gasteiger partial charge >= 0.3 is 5.97 Å². The van der Waals surface area contributed by atoms with Crippen LogP contribution in [0.2, 0.25) is 0 Å². The summed E-state index contributed by atoms with van der Waals surface area (Å²) < 4.78 is 1.36. The van der Waals surface area contributed by atoms with E-state index in [9.17, 15) is 9.59 Å². The largest absolute Gasteiger partial charge is 0.478 e. The van der Waals surface area contributed by atoms with Crippen LogP contribution in [-0.4, -0.2) is 30.8 Å². The molecular formula is C13H14N4O3. The van der Waals surface area contributed by atoms with Crippen molar-refractivity contribution in [2.45, 2.75) is 32.6 Å². The Bertz CT molecular complexity index is 745. The van der Waals surface area contributed by atoms with Gasteiger partial charge in [0, 0.05) is 5.56 Å². The normalized spacial score (nSPS) is 14.1. The first-order valence-electron chi connectivity index (χ1n) is 6.48. The number of aromatic amines is 1. The zero-order chi connectivity index (χ0) is 14.3. The number of carbonyl (C=O) groups is 1. The third kappa shape index (κ3) is 1.91. The van der Waals surface area contributed by atoms with Gasteiger partial charge in [-0.2, -0.15) is 5.10 Å². The number of carboxylic acids is 1. The number of hydrogen-bond donors (Lipinski definition) is 2. The number of rotatable bonds is 2. The fourth-order valence-electron chi connectivity index (χ4n) is 2.52. The Hall–Kier alpha value is -2.44. The van der Waals surface area contributed by atoms with Gasteiger partial charge in [0.2, 0.25) is 5.95 Å². The van der Waals surface area contributed by atoms with Gasteiger partial charge in [0.1, 0.15) is 5.56 Å². The number of hydrogen-bond acceptors (Lipinski definition) is 4. The number of aromatic carboxylic acids is 1. The summed E-state index contributed by atoms with van der Waals surface area (Å²) in [5, 5.41) is 13.0. The minimum absolute atomic E-state index is 0.102. The molecule has 0 aromatic carbocycles. The van der Waals surface area contributed by atoms with Gasteiger partial charge in [-0.3, -0.25) is 9.78 Å². The van der Waals surface area contributed by atoms with Crippen LogP contribution in [-0.2, 0) is 12.8 Å². The Morgan fingerprint density at radius 1 is 1.40 bits per heavy atom. The molecule has 2 N–H and O–H groups in total. The van der Waals surface area contributed by atoms with Crippen molar-refractivity contribution in [2.75, 3.05) is 0 Å². The zero-order valence-corrected chi connectivity index (χ0v) is 11.0. The smallest absolute Gasteiger partial charge is 0.339 e. The molecular weight excluding hydrogens is 260 g/mol. The van der Waals surface area contributed by atoms with Gasteiger partial charge in [0.05, 0.1) is 17.6 Å². The molecule has 2 aromatic heterocycles. The molecule has 1 aliphatic rings. The van der Waals surface area contributed by atoms with Crippen LogP contribution in [0.15, 0.2) is 11.0 Å². The average molecular weight is 274 g/mol. The molecule has 0 bridgehead atoms. The van der Waals surface area contributed by atoms with E-state index in [0.29, 0.717) is 5.69 Å². The fourth-order valence-corrected chi connectivity index (χ4v) is 2.52. The van der Waals surface area contributed by atoms with Crippen molar-refractivity contribution in [3.63, 3.8) is 0 Å². The average Bonchev–Trinajstić information content (AvgIpc) is 2.80.